The molecular formula is C19H30O8. The highest BCUT2D eigenvalue weighted by molar-refractivity contribution is 5.67. The Morgan fingerprint density at radius 1 is 1.00 bits per heavy atom. The monoisotopic (exact) mass is 386 g/mol. The lowest BCUT2D eigenvalue weighted by Crippen LogP contribution is -2.58. The Morgan fingerprint density at radius 2 is 1.63 bits per heavy atom. The summed E-state index contributed by atoms with van der Waals surface area (Å²) in [7, 11) is 0. The summed E-state index contributed by atoms with van der Waals surface area (Å²) in [4.78, 5) is 34.3. The van der Waals surface area contributed by atoms with Crippen LogP contribution in [-0.2, 0) is 38.1 Å². The largest absolute Gasteiger partial charge is 0.463 e. The SMILES string of the molecule is C=CCCCCOC1OC(COC(C)=O)C(OC(C)=O)C(OC(C)=O)C1C. The lowest BCUT2D eigenvalue weighted by molar-refractivity contribution is -0.288. The average Bonchev–Trinajstić information content (AvgIpc) is 2.57. The van der Waals surface area contributed by atoms with Gasteiger partial charge in [0.05, 0.1) is 0 Å². The van der Waals surface area contributed by atoms with Gasteiger partial charge in [-0.25, -0.2) is 0 Å². The maximum atomic E-state index is 11.6. The second-order valence-electron chi connectivity index (χ2n) is 6.51. The van der Waals surface area contributed by atoms with E-state index in [4.69, 9.17) is 23.7 Å². The quantitative estimate of drug-likeness (QED) is 0.244. The molecule has 8 heteroatoms. The number of carbonyl (C=O) groups excluding carboxylic acids is 3. The fraction of sp³-hybridized carbons (Fsp3) is 0.737. The minimum absolute atomic E-state index is 0.145. The van der Waals surface area contributed by atoms with E-state index in [1.807, 2.05) is 6.08 Å². The van der Waals surface area contributed by atoms with E-state index in [-0.39, 0.29) is 12.5 Å². The molecule has 1 saturated heterocycles. The summed E-state index contributed by atoms with van der Waals surface area (Å²) in [6.07, 6.45) is 1.31. The Hall–Kier alpha value is -1.93. The zero-order valence-corrected chi connectivity index (χ0v) is 16.5. The summed E-state index contributed by atoms with van der Waals surface area (Å²) in [6, 6.07) is 0. The molecule has 1 aliphatic heterocycles. The van der Waals surface area contributed by atoms with Gasteiger partial charge in [-0.15, -0.1) is 6.58 Å². The highest BCUT2D eigenvalue weighted by atomic mass is 16.7. The van der Waals surface area contributed by atoms with Crippen LogP contribution in [0.15, 0.2) is 12.7 Å². The zero-order valence-electron chi connectivity index (χ0n) is 16.5. The van der Waals surface area contributed by atoms with E-state index in [2.05, 4.69) is 6.58 Å². The number of unbranched alkanes of at least 4 members (excludes halogenated alkanes) is 2. The first-order valence-electron chi connectivity index (χ1n) is 9.12. The number of rotatable bonds is 10. The normalized spacial score (nSPS) is 27.5. The van der Waals surface area contributed by atoms with E-state index in [1.165, 1.54) is 20.8 Å². The van der Waals surface area contributed by atoms with Gasteiger partial charge in [-0.1, -0.05) is 13.0 Å². The molecule has 0 aromatic carbocycles. The van der Waals surface area contributed by atoms with Gasteiger partial charge in [-0.3, -0.25) is 14.4 Å². The van der Waals surface area contributed by atoms with Crippen LogP contribution in [0.1, 0.15) is 47.0 Å². The Bertz CT molecular complexity index is 518. The van der Waals surface area contributed by atoms with Gasteiger partial charge in [0.25, 0.3) is 0 Å². The van der Waals surface area contributed by atoms with Crippen molar-refractivity contribution >= 4 is 17.9 Å². The van der Waals surface area contributed by atoms with Gasteiger partial charge in [0.15, 0.2) is 12.4 Å². The van der Waals surface area contributed by atoms with Crippen molar-refractivity contribution in [1.29, 1.82) is 0 Å². The summed E-state index contributed by atoms with van der Waals surface area (Å²) < 4.78 is 27.5. The highest BCUT2D eigenvalue weighted by Gasteiger charge is 2.48. The van der Waals surface area contributed by atoms with E-state index < -0.39 is 42.5 Å². The molecule has 5 atom stereocenters. The minimum atomic E-state index is -0.902. The second-order valence-corrected chi connectivity index (χ2v) is 6.51. The summed E-state index contributed by atoms with van der Waals surface area (Å²) in [6.45, 7) is 9.57. The smallest absolute Gasteiger partial charge is 0.303 e. The number of carbonyl (C=O) groups is 3. The van der Waals surface area contributed by atoms with Gasteiger partial charge in [0.2, 0.25) is 0 Å². The number of hydrogen-bond donors (Lipinski definition) is 0. The number of hydrogen-bond acceptors (Lipinski definition) is 8. The topological polar surface area (TPSA) is 97.4 Å². The average molecular weight is 386 g/mol. The molecule has 0 radical (unpaired) electrons. The minimum Gasteiger partial charge on any atom is -0.463 e. The standard InChI is InChI=1S/C19H30O8/c1-6-7-8-9-10-23-19-12(2)17(25-14(4)21)18(26-15(5)22)16(27-19)11-24-13(3)20/h6,12,16-19H,1,7-11H2,2-5H3. The Kier molecular flexibility index (Phi) is 10.0. The van der Waals surface area contributed by atoms with E-state index >= 15 is 0 Å². The van der Waals surface area contributed by atoms with Crippen molar-refractivity contribution in [3.8, 4) is 0 Å². The first kappa shape index (κ1) is 23.1. The Morgan fingerprint density at radius 3 is 2.19 bits per heavy atom. The Labute approximate surface area is 160 Å². The highest BCUT2D eigenvalue weighted by Crippen LogP contribution is 2.31. The molecule has 1 aliphatic rings. The molecule has 1 heterocycles. The van der Waals surface area contributed by atoms with Crippen molar-refractivity contribution in [3.05, 3.63) is 12.7 Å². The molecule has 154 valence electrons. The van der Waals surface area contributed by atoms with Crippen LogP contribution in [0.4, 0.5) is 0 Å². The van der Waals surface area contributed by atoms with Gasteiger partial charge in [0.1, 0.15) is 18.8 Å². The van der Waals surface area contributed by atoms with E-state index in [1.54, 1.807) is 6.92 Å². The molecule has 0 bridgehead atoms. The van der Waals surface area contributed by atoms with Crippen LogP contribution in [-0.4, -0.2) is 55.7 Å². The first-order chi connectivity index (χ1) is 12.8. The van der Waals surface area contributed by atoms with Crippen molar-refractivity contribution < 1.29 is 38.1 Å². The zero-order chi connectivity index (χ0) is 20.4. The fourth-order valence-electron chi connectivity index (χ4n) is 2.85. The van der Waals surface area contributed by atoms with Crippen molar-refractivity contribution in [1.82, 2.24) is 0 Å². The molecule has 5 unspecified atom stereocenters. The van der Waals surface area contributed by atoms with E-state index in [9.17, 15) is 14.4 Å². The molecule has 8 nitrogen and oxygen atoms in total. The fourth-order valence-corrected chi connectivity index (χ4v) is 2.85. The third-order valence-electron chi connectivity index (χ3n) is 4.09. The molecule has 1 fully saturated rings. The molecule has 0 aromatic rings. The van der Waals surface area contributed by atoms with Crippen molar-refractivity contribution in [2.45, 2.75) is 71.6 Å². The van der Waals surface area contributed by atoms with Crippen LogP contribution in [0.3, 0.4) is 0 Å². The number of esters is 3. The van der Waals surface area contributed by atoms with Gasteiger partial charge in [-0.05, 0) is 19.3 Å². The third-order valence-corrected chi connectivity index (χ3v) is 4.09. The van der Waals surface area contributed by atoms with Gasteiger partial charge in [0, 0.05) is 33.3 Å². The van der Waals surface area contributed by atoms with Crippen LogP contribution >= 0.6 is 0 Å². The van der Waals surface area contributed by atoms with Crippen molar-refractivity contribution in [3.63, 3.8) is 0 Å². The molecule has 0 N–H and O–H groups in total. The predicted molar refractivity (Wildman–Crippen MR) is 95.6 cm³/mol. The number of ether oxygens (including phenoxy) is 5. The maximum Gasteiger partial charge on any atom is 0.303 e. The summed E-state index contributed by atoms with van der Waals surface area (Å²) in [5, 5.41) is 0. The Balaban J connectivity index is 2.90. The molecule has 0 saturated carbocycles. The third kappa shape index (κ3) is 8.09. The molecule has 0 spiro atoms. The van der Waals surface area contributed by atoms with Gasteiger partial charge >= 0.3 is 17.9 Å². The molecular weight excluding hydrogens is 356 g/mol. The molecule has 0 amide bonds. The first-order valence-corrected chi connectivity index (χ1v) is 9.12. The summed E-state index contributed by atoms with van der Waals surface area (Å²) >= 11 is 0. The molecule has 1 rings (SSSR count). The predicted octanol–water partition coefficient (Wildman–Crippen LogP) is 2.15. The molecule has 0 aliphatic carbocycles. The lowest BCUT2D eigenvalue weighted by Gasteiger charge is -2.43. The lowest BCUT2D eigenvalue weighted by atomic mass is 9.92. The van der Waals surface area contributed by atoms with E-state index in [0.29, 0.717) is 6.61 Å². The van der Waals surface area contributed by atoms with Gasteiger partial charge < -0.3 is 23.7 Å². The summed E-state index contributed by atoms with van der Waals surface area (Å²) in [5.74, 6) is -1.94. The summed E-state index contributed by atoms with van der Waals surface area (Å²) in [5.41, 5.74) is 0. The number of allylic oxidation sites excluding steroid dienone is 1. The van der Waals surface area contributed by atoms with Crippen molar-refractivity contribution in [2.75, 3.05) is 13.2 Å². The van der Waals surface area contributed by atoms with Crippen molar-refractivity contribution in [2.24, 2.45) is 5.92 Å². The van der Waals surface area contributed by atoms with Crippen LogP contribution in [0.5, 0.6) is 0 Å². The molecule has 27 heavy (non-hydrogen) atoms. The van der Waals surface area contributed by atoms with Crippen LogP contribution in [0, 0.1) is 5.92 Å². The van der Waals surface area contributed by atoms with Crippen LogP contribution in [0.2, 0.25) is 0 Å². The van der Waals surface area contributed by atoms with E-state index in [0.717, 1.165) is 19.3 Å². The van der Waals surface area contributed by atoms with Crippen LogP contribution < -0.4 is 0 Å². The molecule has 0 aromatic heterocycles. The second kappa shape index (κ2) is 11.7. The maximum absolute atomic E-state index is 11.6. The van der Waals surface area contributed by atoms with Crippen LogP contribution in [0.25, 0.3) is 0 Å². The van der Waals surface area contributed by atoms with Gasteiger partial charge in [-0.2, -0.15) is 0 Å².